The summed E-state index contributed by atoms with van der Waals surface area (Å²) in [5.41, 5.74) is 0. The van der Waals surface area contributed by atoms with Gasteiger partial charge >= 0.3 is 5.97 Å². The Morgan fingerprint density at radius 2 is 0.714 bits per heavy atom. The standard InChI is InChI=1S/C59H102O4/c1-3-5-7-9-11-13-15-17-19-21-23-25-27-29-31-33-35-37-39-41-43-45-47-49-51-53-55-62-57-58(56-60)63-59(61)54-52-50-48-46-44-42-40-38-36-34-32-30-28-26-24-22-20-18-16-14-12-10-8-6-4-2/h6,8,12,14-15,17-18,20-21,23-24,26,30,32,36,38,58,60H,3-5,7,9-11,13,16,19,22,25,27-29,31,33-35,37,39-57H2,1-2H3/b8-6-,14-12-,17-15-,20-18-,23-21-,26-24-,32-30-,38-36-. The highest BCUT2D eigenvalue weighted by Gasteiger charge is 2.13. The van der Waals surface area contributed by atoms with Crippen molar-refractivity contribution < 1.29 is 19.4 Å². The average molecular weight is 875 g/mol. The van der Waals surface area contributed by atoms with Crippen molar-refractivity contribution in [3.05, 3.63) is 97.2 Å². The zero-order valence-electron chi connectivity index (χ0n) is 41.6. The van der Waals surface area contributed by atoms with Crippen LogP contribution in [-0.4, -0.2) is 37.0 Å². The van der Waals surface area contributed by atoms with Crippen LogP contribution >= 0.6 is 0 Å². The van der Waals surface area contributed by atoms with Gasteiger partial charge in [0.1, 0.15) is 6.10 Å². The number of unbranched alkanes of at least 4 members (excludes halogenated alkanes) is 25. The van der Waals surface area contributed by atoms with Gasteiger partial charge in [-0.15, -0.1) is 0 Å². The Bertz CT molecular complexity index is 1150. The van der Waals surface area contributed by atoms with E-state index in [9.17, 15) is 9.90 Å². The topological polar surface area (TPSA) is 55.8 Å². The number of aliphatic hydroxyl groups excluding tert-OH is 1. The van der Waals surface area contributed by atoms with Crippen molar-refractivity contribution in [1.29, 1.82) is 0 Å². The highest BCUT2D eigenvalue weighted by atomic mass is 16.6. The van der Waals surface area contributed by atoms with Crippen molar-refractivity contribution in [2.24, 2.45) is 0 Å². The first-order chi connectivity index (χ1) is 31.2. The minimum absolute atomic E-state index is 0.182. The molecular formula is C59H102O4. The van der Waals surface area contributed by atoms with Crippen molar-refractivity contribution in [3.63, 3.8) is 0 Å². The third-order valence-corrected chi connectivity index (χ3v) is 11.4. The van der Waals surface area contributed by atoms with Crippen LogP contribution in [0.2, 0.25) is 0 Å². The second-order valence-corrected chi connectivity index (χ2v) is 17.6. The third kappa shape index (κ3) is 53.6. The molecule has 4 nitrogen and oxygen atoms in total. The molecule has 0 fully saturated rings. The molecule has 0 spiro atoms. The predicted octanol–water partition coefficient (Wildman–Crippen LogP) is 18.4. The van der Waals surface area contributed by atoms with Gasteiger partial charge in [-0.3, -0.25) is 4.79 Å². The normalized spacial score (nSPS) is 13.1. The summed E-state index contributed by atoms with van der Waals surface area (Å²) in [5.74, 6) is -0.216. The second kappa shape index (κ2) is 55.4. The van der Waals surface area contributed by atoms with Crippen LogP contribution < -0.4 is 0 Å². The van der Waals surface area contributed by atoms with Gasteiger partial charge in [-0.2, -0.15) is 0 Å². The van der Waals surface area contributed by atoms with Crippen LogP contribution in [0.15, 0.2) is 97.2 Å². The van der Waals surface area contributed by atoms with E-state index in [0.717, 1.165) is 77.0 Å². The maximum absolute atomic E-state index is 12.3. The maximum Gasteiger partial charge on any atom is 0.306 e. The first kappa shape index (κ1) is 60.3. The molecule has 0 aliphatic carbocycles. The summed E-state index contributed by atoms with van der Waals surface area (Å²) in [6.07, 6.45) is 79.3. The van der Waals surface area contributed by atoms with Crippen LogP contribution in [0, 0.1) is 0 Å². The minimum atomic E-state index is -0.550. The monoisotopic (exact) mass is 875 g/mol. The van der Waals surface area contributed by atoms with Crippen molar-refractivity contribution in [2.45, 2.75) is 251 Å². The van der Waals surface area contributed by atoms with Crippen molar-refractivity contribution in [3.8, 4) is 0 Å². The fraction of sp³-hybridized carbons (Fsp3) is 0.712. The third-order valence-electron chi connectivity index (χ3n) is 11.4. The van der Waals surface area contributed by atoms with Crippen molar-refractivity contribution in [2.75, 3.05) is 19.8 Å². The van der Waals surface area contributed by atoms with E-state index in [1.54, 1.807) is 0 Å². The highest BCUT2D eigenvalue weighted by molar-refractivity contribution is 5.69. The molecule has 0 aromatic heterocycles. The number of rotatable bonds is 49. The molecule has 362 valence electrons. The maximum atomic E-state index is 12.3. The molecule has 0 saturated heterocycles. The van der Waals surface area contributed by atoms with Gasteiger partial charge < -0.3 is 14.6 Å². The van der Waals surface area contributed by atoms with E-state index in [1.165, 1.54) is 148 Å². The molecule has 4 heteroatoms. The SMILES string of the molecule is CC/C=C\C/C=C\C/C=C\C/C=C\C/C=C\C/C=C\CCCCCCCCC(=O)OC(CO)COCCCCCCCCCCCCCCCC/C=C\C/C=C\CCCCCCC. The Morgan fingerprint density at radius 3 is 1.08 bits per heavy atom. The van der Waals surface area contributed by atoms with E-state index < -0.39 is 6.10 Å². The first-order valence-corrected chi connectivity index (χ1v) is 26.8. The van der Waals surface area contributed by atoms with Crippen LogP contribution in [0.25, 0.3) is 0 Å². The Balaban J connectivity index is 3.47. The second-order valence-electron chi connectivity index (χ2n) is 17.6. The quantitative estimate of drug-likeness (QED) is 0.0376. The zero-order valence-corrected chi connectivity index (χ0v) is 41.6. The van der Waals surface area contributed by atoms with Crippen LogP contribution in [0.1, 0.15) is 245 Å². The summed E-state index contributed by atoms with van der Waals surface area (Å²) in [5, 5.41) is 9.67. The van der Waals surface area contributed by atoms with Crippen molar-refractivity contribution >= 4 is 5.97 Å². The summed E-state index contributed by atoms with van der Waals surface area (Å²) < 4.78 is 11.2. The average Bonchev–Trinajstić information content (AvgIpc) is 3.29. The molecule has 1 unspecified atom stereocenters. The Labute approximate surface area is 392 Å². The van der Waals surface area contributed by atoms with Crippen LogP contribution in [0.5, 0.6) is 0 Å². The lowest BCUT2D eigenvalue weighted by atomic mass is 10.0. The number of ether oxygens (including phenoxy) is 2. The van der Waals surface area contributed by atoms with Crippen LogP contribution in [0.4, 0.5) is 0 Å². The number of esters is 1. The van der Waals surface area contributed by atoms with Gasteiger partial charge in [-0.1, -0.05) is 239 Å². The number of allylic oxidation sites excluding steroid dienone is 16. The number of carbonyl (C=O) groups is 1. The summed E-state index contributed by atoms with van der Waals surface area (Å²) in [7, 11) is 0. The van der Waals surface area contributed by atoms with Gasteiger partial charge in [0.2, 0.25) is 0 Å². The minimum Gasteiger partial charge on any atom is -0.457 e. The molecular weight excluding hydrogens is 773 g/mol. The number of hydrogen-bond donors (Lipinski definition) is 1. The summed E-state index contributed by atoms with van der Waals surface area (Å²) in [6.45, 7) is 5.21. The number of hydrogen-bond acceptors (Lipinski definition) is 4. The Kier molecular flexibility index (Phi) is 53.1. The van der Waals surface area contributed by atoms with E-state index in [1.807, 2.05) is 0 Å². The fourth-order valence-corrected chi connectivity index (χ4v) is 7.42. The van der Waals surface area contributed by atoms with Gasteiger partial charge in [-0.05, 0) is 96.3 Å². The van der Waals surface area contributed by atoms with Gasteiger partial charge in [0.05, 0.1) is 13.2 Å². The molecule has 0 saturated carbocycles. The van der Waals surface area contributed by atoms with E-state index in [4.69, 9.17) is 9.47 Å². The van der Waals surface area contributed by atoms with Gasteiger partial charge in [0.15, 0.2) is 0 Å². The predicted molar refractivity (Wildman–Crippen MR) is 278 cm³/mol. The first-order valence-electron chi connectivity index (χ1n) is 26.8. The molecule has 0 aliphatic heterocycles. The lowest BCUT2D eigenvalue weighted by molar-refractivity contribution is -0.154. The van der Waals surface area contributed by atoms with E-state index in [2.05, 4.69) is 111 Å². The van der Waals surface area contributed by atoms with Gasteiger partial charge in [0.25, 0.3) is 0 Å². The molecule has 0 amide bonds. The summed E-state index contributed by atoms with van der Waals surface area (Å²) >= 11 is 0. The largest absolute Gasteiger partial charge is 0.457 e. The number of aliphatic hydroxyl groups is 1. The molecule has 0 bridgehead atoms. The number of carbonyl (C=O) groups excluding carboxylic acids is 1. The Hall–Kier alpha value is -2.69. The summed E-state index contributed by atoms with van der Waals surface area (Å²) in [4.78, 5) is 12.3. The highest BCUT2D eigenvalue weighted by Crippen LogP contribution is 2.15. The molecule has 1 N–H and O–H groups in total. The van der Waals surface area contributed by atoms with E-state index in [-0.39, 0.29) is 19.2 Å². The lowest BCUT2D eigenvalue weighted by Crippen LogP contribution is -2.27. The van der Waals surface area contributed by atoms with E-state index in [0.29, 0.717) is 13.0 Å². The molecule has 0 aromatic rings. The van der Waals surface area contributed by atoms with Crippen LogP contribution in [-0.2, 0) is 14.3 Å². The molecule has 1 atom stereocenters. The molecule has 0 radical (unpaired) electrons. The lowest BCUT2D eigenvalue weighted by Gasteiger charge is -2.16. The fourth-order valence-electron chi connectivity index (χ4n) is 7.42. The van der Waals surface area contributed by atoms with Crippen LogP contribution in [0.3, 0.4) is 0 Å². The molecule has 0 aromatic carbocycles. The van der Waals surface area contributed by atoms with Gasteiger partial charge in [0, 0.05) is 13.0 Å². The van der Waals surface area contributed by atoms with Crippen molar-refractivity contribution in [1.82, 2.24) is 0 Å². The zero-order chi connectivity index (χ0) is 45.5. The molecule has 0 aliphatic rings. The van der Waals surface area contributed by atoms with E-state index >= 15 is 0 Å². The molecule has 0 rings (SSSR count). The molecule has 0 heterocycles. The Morgan fingerprint density at radius 1 is 0.397 bits per heavy atom. The van der Waals surface area contributed by atoms with Gasteiger partial charge in [-0.25, -0.2) is 0 Å². The summed E-state index contributed by atoms with van der Waals surface area (Å²) in [6, 6.07) is 0. The molecule has 63 heavy (non-hydrogen) atoms. The smallest absolute Gasteiger partial charge is 0.306 e.